The van der Waals surface area contributed by atoms with Gasteiger partial charge in [-0.15, -0.1) is 5.92 Å². The highest BCUT2D eigenvalue weighted by molar-refractivity contribution is 7.89. The van der Waals surface area contributed by atoms with Crippen LogP contribution in [0.5, 0.6) is 5.75 Å². The lowest BCUT2D eigenvalue weighted by molar-refractivity contribution is 0.193. The van der Waals surface area contributed by atoms with E-state index in [-0.39, 0.29) is 5.75 Å². The van der Waals surface area contributed by atoms with Crippen molar-refractivity contribution in [3.8, 4) is 17.6 Å². The van der Waals surface area contributed by atoms with Crippen molar-refractivity contribution in [3.05, 3.63) is 60.2 Å². The molecule has 36 heavy (non-hydrogen) atoms. The van der Waals surface area contributed by atoms with Crippen molar-refractivity contribution in [2.45, 2.75) is 45.3 Å². The van der Waals surface area contributed by atoms with E-state index >= 15 is 0 Å². The predicted molar refractivity (Wildman–Crippen MR) is 142 cm³/mol. The van der Waals surface area contributed by atoms with E-state index in [0.29, 0.717) is 39.2 Å². The standard InChI is InChI=1S/C27H35N3O5S/c1-2-3-4-5-9-12-24(28-27(31)32)22-36(33,34)30-19-17-29(18-20-30)25-13-15-26(16-14-25)35-21-23-10-7-6-8-11-23/h6-8,10-11,13-16,24,28H,2-5,17-22H2,1H3,(H,31,32). The fourth-order valence-corrected chi connectivity index (χ4v) is 5.48. The fraction of sp³-hybridized carbons (Fsp3) is 0.444. The van der Waals surface area contributed by atoms with Gasteiger partial charge in [0.05, 0.1) is 5.75 Å². The van der Waals surface area contributed by atoms with Gasteiger partial charge in [0.2, 0.25) is 10.0 Å². The van der Waals surface area contributed by atoms with Gasteiger partial charge in [-0.05, 0) is 36.2 Å². The highest BCUT2D eigenvalue weighted by Crippen LogP contribution is 2.22. The molecule has 1 heterocycles. The van der Waals surface area contributed by atoms with Gasteiger partial charge in [0.15, 0.2) is 0 Å². The van der Waals surface area contributed by atoms with Gasteiger partial charge in [0.1, 0.15) is 18.4 Å². The Hall–Kier alpha value is -3.22. The van der Waals surface area contributed by atoms with Gasteiger partial charge >= 0.3 is 6.09 Å². The molecule has 0 saturated carbocycles. The Morgan fingerprint density at radius 3 is 2.39 bits per heavy atom. The molecule has 1 aliphatic rings. The SMILES string of the molecule is CCCCCC#CC(CS(=O)(=O)N1CCN(c2ccc(OCc3ccccc3)cc2)CC1)NC(=O)O. The van der Waals surface area contributed by atoms with Crippen LogP contribution in [0.1, 0.15) is 38.2 Å². The second kappa shape index (κ2) is 13.8. The Morgan fingerprint density at radius 1 is 1.06 bits per heavy atom. The molecule has 2 aromatic carbocycles. The number of carbonyl (C=O) groups is 1. The highest BCUT2D eigenvalue weighted by Gasteiger charge is 2.29. The quantitative estimate of drug-likeness (QED) is 0.349. The summed E-state index contributed by atoms with van der Waals surface area (Å²) in [6.45, 7) is 4.34. The second-order valence-corrected chi connectivity index (χ2v) is 10.7. The van der Waals surface area contributed by atoms with Crippen LogP contribution < -0.4 is 15.0 Å². The van der Waals surface area contributed by atoms with E-state index in [1.165, 1.54) is 4.31 Å². The molecule has 1 saturated heterocycles. The monoisotopic (exact) mass is 513 g/mol. The molecule has 2 N–H and O–H groups in total. The minimum Gasteiger partial charge on any atom is -0.489 e. The lowest BCUT2D eigenvalue weighted by Crippen LogP contribution is -2.51. The maximum atomic E-state index is 13.0. The average molecular weight is 514 g/mol. The number of ether oxygens (including phenoxy) is 1. The van der Waals surface area contributed by atoms with Gasteiger partial charge in [0.25, 0.3) is 0 Å². The van der Waals surface area contributed by atoms with Gasteiger partial charge in [-0.2, -0.15) is 4.31 Å². The van der Waals surface area contributed by atoms with Crippen molar-refractivity contribution < 1.29 is 23.1 Å². The summed E-state index contributed by atoms with van der Waals surface area (Å²) in [4.78, 5) is 13.3. The predicted octanol–water partition coefficient (Wildman–Crippen LogP) is 3.94. The second-order valence-electron chi connectivity index (χ2n) is 8.71. The zero-order valence-corrected chi connectivity index (χ0v) is 21.5. The summed E-state index contributed by atoms with van der Waals surface area (Å²) in [5, 5.41) is 11.3. The molecule has 1 fully saturated rings. The van der Waals surface area contributed by atoms with Crippen LogP contribution in [0.2, 0.25) is 0 Å². The van der Waals surface area contributed by atoms with Crippen molar-refractivity contribution in [3.63, 3.8) is 0 Å². The Balaban J connectivity index is 1.51. The van der Waals surface area contributed by atoms with E-state index in [0.717, 1.165) is 36.3 Å². The molecule has 0 radical (unpaired) electrons. The van der Waals surface area contributed by atoms with E-state index < -0.39 is 22.2 Å². The van der Waals surface area contributed by atoms with Crippen LogP contribution in [0.3, 0.4) is 0 Å². The first kappa shape index (κ1) is 27.4. The van der Waals surface area contributed by atoms with E-state index in [1.807, 2.05) is 54.6 Å². The summed E-state index contributed by atoms with van der Waals surface area (Å²) in [5.41, 5.74) is 2.10. The van der Waals surface area contributed by atoms with Crippen molar-refractivity contribution in [1.29, 1.82) is 0 Å². The molecule has 0 spiro atoms. The zero-order chi connectivity index (χ0) is 25.8. The Bertz CT molecular complexity index is 1120. The number of piperazine rings is 1. The number of nitrogens with one attached hydrogen (secondary N) is 1. The number of anilines is 1. The van der Waals surface area contributed by atoms with Crippen molar-refractivity contribution in [2.75, 3.05) is 36.8 Å². The molecular formula is C27H35N3O5S. The molecule has 1 unspecified atom stereocenters. The molecule has 0 aromatic heterocycles. The molecule has 2 aromatic rings. The molecule has 0 aliphatic carbocycles. The van der Waals surface area contributed by atoms with E-state index in [1.54, 1.807) is 0 Å². The number of benzene rings is 2. The Kier molecular flexibility index (Phi) is 10.5. The number of sulfonamides is 1. The molecule has 9 heteroatoms. The van der Waals surface area contributed by atoms with Crippen LogP contribution >= 0.6 is 0 Å². The number of nitrogens with zero attached hydrogens (tertiary/aromatic N) is 2. The number of hydrogen-bond acceptors (Lipinski definition) is 5. The number of rotatable bonds is 11. The third-order valence-corrected chi connectivity index (χ3v) is 7.85. The maximum Gasteiger partial charge on any atom is 0.405 e. The smallest absolute Gasteiger partial charge is 0.405 e. The third kappa shape index (κ3) is 8.77. The lowest BCUT2D eigenvalue weighted by atomic mass is 10.2. The van der Waals surface area contributed by atoms with E-state index in [4.69, 9.17) is 9.84 Å². The highest BCUT2D eigenvalue weighted by atomic mass is 32.2. The summed E-state index contributed by atoms with van der Waals surface area (Å²) in [6, 6.07) is 16.8. The molecule has 1 amide bonds. The van der Waals surface area contributed by atoms with Crippen LogP contribution in [-0.2, 0) is 16.6 Å². The molecule has 8 nitrogen and oxygen atoms in total. The van der Waals surface area contributed by atoms with Gasteiger partial charge in [-0.25, -0.2) is 13.2 Å². The van der Waals surface area contributed by atoms with Crippen molar-refractivity contribution in [1.82, 2.24) is 9.62 Å². The van der Waals surface area contributed by atoms with Crippen molar-refractivity contribution >= 4 is 21.8 Å². The molecule has 194 valence electrons. The molecular weight excluding hydrogens is 478 g/mol. The Morgan fingerprint density at radius 2 is 1.75 bits per heavy atom. The topological polar surface area (TPSA) is 99.2 Å². The van der Waals surface area contributed by atoms with Crippen LogP contribution in [0.4, 0.5) is 10.5 Å². The number of hydrogen-bond donors (Lipinski definition) is 2. The normalized spacial score (nSPS) is 15.0. The van der Waals surface area contributed by atoms with Crippen molar-refractivity contribution in [2.24, 2.45) is 0 Å². The number of unbranched alkanes of at least 4 members (excludes halogenated alkanes) is 3. The lowest BCUT2D eigenvalue weighted by Gasteiger charge is -2.35. The van der Waals surface area contributed by atoms with Gasteiger partial charge < -0.3 is 20.1 Å². The first-order valence-corrected chi connectivity index (χ1v) is 14.0. The van der Waals surface area contributed by atoms with E-state index in [9.17, 15) is 13.2 Å². The summed E-state index contributed by atoms with van der Waals surface area (Å²) in [7, 11) is -3.66. The molecule has 3 rings (SSSR count). The fourth-order valence-electron chi connectivity index (χ4n) is 3.96. The maximum absolute atomic E-state index is 13.0. The van der Waals surface area contributed by atoms with E-state index in [2.05, 4.69) is 29.0 Å². The number of amides is 1. The molecule has 0 bridgehead atoms. The minimum atomic E-state index is -3.66. The summed E-state index contributed by atoms with van der Waals surface area (Å²) >= 11 is 0. The molecule has 1 aliphatic heterocycles. The first-order chi connectivity index (χ1) is 17.4. The summed E-state index contributed by atoms with van der Waals surface area (Å²) in [5.74, 6) is 6.13. The van der Waals surface area contributed by atoms with Gasteiger partial charge in [-0.1, -0.05) is 56.0 Å². The Labute approximate surface area is 214 Å². The van der Waals surface area contributed by atoms with Crippen LogP contribution in [0.15, 0.2) is 54.6 Å². The largest absolute Gasteiger partial charge is 0.489 e. The first-order valence-electron chi connectivity index (χ1n) is 12.3. The average Bonchev–Trinajstić information content (AvgIpc) is 2.88. The van der Waals surface area contributed by atoms with Crippen LogP contribution in [0, 0.1) is 11.8 Å². The third-order valence-electron chi connectivity index (χ3n) is 5.94. The van der Waals surface area contributed by atoms with Crippen LogP contribution in [0.25, 0.3) is 0 Å². The number of carboxylic acid groups (broad SMARTS) is 1. The molecule has 1 atom stereocenters. The van der Waals surface area contributed by atoms with Gasteiger partial charge in [-0.3, -0.25) is 0 Å². The minimum absolute atomic E-state index is 0.332. The zero-order valence-electron chi connectivity index (χ0n) is 20.7. The summed E-state index contributed by atoms with van der Waals surface area (Å²) < 4.78 is 33.2. The summed E-state index contributed by atoms with van der Waals surface area (Å²) in [6.07, 6.45) is 2.36. The van der Waals surface area contributed by atoms with Gasteiger partial charge in [0, 0.05) is 38.3 Å². The van der Waals surface area contributed by atoms with Crippen LogP contribution in [-0.4, -0.2) is 61.9 Å².